The van der Waals surface area contributed by atoms with E-state index in [1.54, 1.807) is 55.6 Å². The van der Waals surface area contributed by atoms with Crippen LogP contribution in [0, 0.1) is 10.1 Å². The highest BCUT2D eigenvalue weighted by atomic mass is 79.9. The number of esters is 1. The van der Waals surface area contributed by atoms with Crippen molar-refractivity contribution in [1.82, 2.24) is 0 Å². The van der Waals surface area contributed by atoms with Crippen molar-refractivity contribution in [2.45, 2.75) is 18.5 Å². The number of nitro groups is 1. The Kier molecular flexibility index (Phi) is 6.97. The van der Waals surface area contributed by atoms with Crippen LogP contribution in [0.1, 0.15) is 5.56 Å². The molecule has 0 amide bonds. The summed E-state index contributed by atoms with van der Waals surface area (Å²) in [4.78, 5) is 23.4. The standard InChI is InChI=1S/C18H19BrN2O5/c1-25-15-9-7-14(8-10-15)20-17(18(22)26-2)16(21(23)24)11-12-3-5-13(19)6-4-12/h3-10,16-17,20H,11H2,1-2H3/t16-,17-/m1/s1. The van der Waals surface area contributed by atoms with Crippen LogP contribution in [-0.4, -0.2) is 37.2 Å². The number of carbonyl (C=O) groups is 1. The first-order valence-corrected chi connectivity index (χ1v) is 8.60. The van der Waals surface area contributed by atoms with Gasteiger partial charge < -0.3 is 14.8 Å². The lowest BCUT2D eigenvalue weighted by molar-refractivity contribution is -0.522. The molecule has 0 bridgehead atoms. The van der Waals surface area contributed by atoms with E-state index < -0.39 is 23.0 Å². The Morgan fingerprint density at radius 1 is 1.15 bits per heavy atom. The second-order valence-electron chi connectivity index (χ2n) is 5.56. The number of carbonyl (C=O) groups excluding carboxylic acids is 1. The number of rotatable bonds is 8. The van der Waals surface area contributed by atoms with Crippen LogP contribution >= 0.6 is 15.9 Å². The average molecular weight is 423 g/mol. The van der Waals surface area contributed by atoms with Gasteiger partial charge in [-0.3, -0.25) is 10.1 Å². The highest BCUT2D eigenvalue weighted by Crippen LogP contribution is 2.20. The molecule has 2 aromatic carbocycles. The minimum absolute atomic E-state index is 0.0865. The third-order valence-corrected chi connectivity index (χ3v) is 4.41. The molecule has 26 heavy (non-hydrogen) atoms. The summed E-state index contributed by atoms with van der Waals surface area (Å²) in [7, 11) is 2.75. The summed E-state index contributed by atoms with van der Waals surface area (Å²) < 4.78 is 10.7. The van der Waals surface area contributed by atoms with Crippen molar-refractivity contribution in [1.29, 1.82) is 0 Å². The van der Waals surface area contributed by atoms with Crippen LogP contribution in [0.15, 0.2) is 53.0 Å². The number of benzene rings is 2. The smallest absolute Gasteiger partial charge is 0.335 e. The summed E-state index contributed by atoms with van der Waals surface area (Å²) in [5.74, 6) is -0.0505. The van der Waals surface area contributed by atoms with Gasteiger partial charge >= 0.3 is 5.97 Å². The summed E-state index contributed by atoms with van der Waals surface area (Å²) in [6.45, 7) is 0. The molecule has 138 valence electrons. The van der Waals surface area contributed by atoms with E-state index in [0.717, 1.165) is 10.0 Å². The summed E-state index contributed by atoms with van der Waals surface area (Å²) >= 11 is 3.33. The molecule has 1 N–H and O–H groups in total. The lowest BCUT2D eigenvalue weighted by Gasteiger charge is -2.21. The zero-order valence-corrected chi connectivity index (χ0v) is 15.9. The summed E-state index contributed by atoms with van der Waals surface area (Å²) in [5, 5.41) is 14.6. The van der Waals surface area contributed by atoms with Crippen LogP contribution in [0.25, 0.3) is 0 Å². The second-order valence-corrected chi connectivity index (χ2v) is 6.47. The predicted octanol–water partition coefficient (Wildman–Crippen LogP) is 3.30. The van der Waals surface area contributed by atoms with Gasteiger partial charge in [-0.1, -0.05) is 28.1 Å². The number of methoxy groups -OCH3 is 2. The van der Waals surface area contributed by atoms with Crippen molar-refractivity contribution in [3.63, 3.8) is 0 Å². The third kappa shape index (κ3) is 5.19. The van der Waals surface area contributed by atoms with Gasteiger partial charge in [-0.25, -0.2) is 4.79 Å². The molecule has 0 spiro atoms. The lowest BCUT2D eigenvalue weighted by atomic mass is 9.99. The van der Waals surface area contributed by atoms with Gasteiger partial charge in [-0.15, -0.1) is 0 Å². The van der Waals surface area contributed by atoms with Gasteiger partial charge in [0.15, 0.2) is 6.04 Å². The van der Waals surface area contributed by atoms with Crippen molar-refractivity contribution >= 4 is 27.6 Å². The molecule has 2 aromatic rings. The second kappa shape index (κ2) is 9.19. The maximum absolute atomic E-state index is 12.2. The van der Waals surface area contributed by atoms with Crippen LogP contribution in [0.4, 0.5) is 5.69 Å². The molecule has 2 rings (SSSR count). The van der Waals surface area contributed by atoms with E-state index >= 15 is 0 Å². The Bertz CT molecular complexity index is 749. The summed E-state index contributed by atoms with van der Waals surface area (Å²) in [6.07, 6.45) is 0.0865. The topological polar surface area (TPSA) is 90.7 Å². The van der Waals surface area contributed by atoms with E-state index in [4.69, 9.17) is 9.47 Å². The number of hydrogen-bond donors (Lipinski definition) is 1. The minimum Gasteiger partial charge on any atom is -0.497 e. The zero-order valence-electron chi connectivity index (χ0n) is 14.3. The minimum atomic E-state index is -1.19. The highest BCUT2D eigenvalue weighted by Gasteiger charge is 2.38. The Balaban J connectivity index is 2.26. The number of anilines is 1. The van der Waals surface area contributed by atoms with Gasteiger partial charge in [0.05, 0.1) is 14.2 Å². The van der Waals surface area contributed by atoms with Crippen LogP contribution in [-0.2, 0) is 16.0 Å². The number of halogens is 1. The van der Waals surface area contributed by atoms with Crippen molar-refractivity contribution in [3.8, 4) is 5.75 Å². The average Bonchev–Trinajstić information content (AvgIpc) is 2.65. The molecule has 0 saturated heterocycles. The van der Waals surface area contributed by atoms with E-state index in [9.17, 15) is 14.9 Å². The molecule has 0 aliphatic heterocycles. The number of hydrogen-bond acceptors (Lipinski definition) is 6. The highest BCUT2D eigenvalue weighted by molar-refractivity contribution is 9.10. The summed E-state index contributed by atoms with van der Waals surface area (Å²) in [5.41, 5.74) is 1.31. The van der Waals surface area contributed by atoms with Crippen molar-refractivity contribution < 1.29 is 19.2 Å². The lowest BCUT2D eigenvalue weighted by Crippen LogP contribution is -2.47. The first kappa shape index (κ1) is 19.7. The van der Waals surface area contributed by atoms with Crippen molar-refractivity contribution in [2.24, 2.45) is 0 Å². The molecule has 0 fully saturated rings. The van der Waals surface area contributed by atoms with Crippen LogP contribution < -0.4 is 10.1 Å². The Morgan fingerprint density at radius 3 is 2.27 bits per heavy atom. The van der Waals surface area contributed by atoms with Gasteiger partial charge in [0.25, 0.3) is 0 Å². The molecule has 2 atom stereocenters. The molecular weight excluding hydrogens is 404 g/mol. The maximum atomic E-state index is 12.2. The van der Waals surface area contributed by atoms with Crippen LogP contribution in [0.2, 0.25) is 0 Å². The van der Waals surface area contributed by atoms with E-state index in [1.807, 2.05) is 0 Å². The number of nitrogens with one attached hydrogen (secondary N) is 1. The third-order valence-electron chi connectivity index (χ3n) is 3.88. The van der Waals surface area contributed by atoms with E-state index in [0.29, 0.717) is 11.4 Å². The first-order valence-electron chi connectivity index (χ1n) is 7.81. The largest absolute Gasteiger partial charge is 0.497 e. The van der Waals surface area contributed by atoms with Gasteiger partial charge in [-0.2, -0.15) is 0 Å². The molecule has 0 aliphatic rings. The fourth-order valence-corrected chi connectivity index (χ4v) is 2.75. The number of nitrogens with zero attached hydrogens (tertiary/aromatic N) is 1. The quantitative estimate of drug-likeness (QED) is 0.398. The maximum Gasteiger partial charge on any atom is 0.335 e. The van der Waals surface area contributed by atoms with Crippen LogP contribution in [0.5, 0.6) is 5.75 Å². The Hall–Kier alpha value is -2.61. The molecule has 7 nitrogen and oxygen atoms in total. The molecule has 8 heteroatoms. The SMILES string of the molecule is COC(=O)[C@H](Nc1ccc(OC)cc1)[C@@H](Cc1ccc(Br)cc1)[N+](=O)[O-]. The zero-order chi connectivity index (χ0) is 19.1. The monoisotopic (exact) mass is 422 g/mol. The summed E-state index contributed by atoms with van der Waals surface area (Å²) in [6, 6.07) is 11.6. The predicted molar refractivity (Wildman–Crippen MR) is 101 cm³/mol. The van der Waals surface area contributed by atoms with Crippen molar-refractivity contribution in [2.75, 3.05) is 19.5 Å². The number of ether oxygens (including phenoxy) is 2. The Labute approximate surface area is 159 Å². The Morgan fingerprint density at radius 2 is 1.77 bits per heavy atom. The molecule has 0 saturated carbocycles. The van der Waals surface area contributed by atoms with E-state index in [2.05, 4.69) is 21.2 Å². The van der Waals surface area contributed by atoms with Crippen LogP contribution in [0.3, 0.4) is 0 Å². The van der Waals surface area contributed by atoms with Gasteiger partial charge in [-0.05, 0) is 42.0 Å². The van der Waals surface area contributed by atoms with Gasteiger partial charge in [0.2, 0.25) is 6.04 Å². The van der Waals surface area contributed by atoms with E-state index in [-0.39, 0.29) is 6.42 Å². The van der Waals surface area contributed by atoms with Gasteiger partial charge in [0.1, 0.15) is 5.75 Å². The van der Waals surface area contributed by atoms with E-state index in [1.165, 1.54) is 7.11 Å². The molecule has 0 unspecified atom stereocenters. The first-order chi connectivity index (χ1) is 12.4. The molecule has 0 heterocycles. The molecule has 0 aromatic heterocycles. The molecular formula is C18H19BrN2O5. The van der Waals surface area contributed by atoms with Crippen molar-refractivity contribution in [3.05, 3.63) is 68.7 Å². The normalized spacial score (nSPS) is 12.7. The fourth-order valence-electron chi connectivity index (χ4n) is 2.48. The fraction of sp³-hybridized carbons (Fsp3) is 0.278. The molecule has 0 radical (unpaired) electrons. The van der Waals surface area contributed by atoms with Gasteiger partial charge in [0, 0.05) is 21.5 Å². The molecule has 0 aliphatic carbocycles.